The van der Waals surface area contributed by atoms with Crippen LogP contribution in [-0.4, -0.2) is 26.5 Å². The summed E-state index contributed by atoms with van der Waals surface area (Å²) in [5.74, 6) is 0.0870. The summed E-state index contributed by atoms with van der Waals surface area (Å²) >= 11 is 6.19. The van der Waals surface area contributed by atoms with Crippen molar-refractivity contribution in [3.63, 3.8) is 0 Å². The van der Waals surface area contributed by atoms with E-state index in [0.29, 0.717) is 36.1 Å². The second kappa shape index (κ2) is 7.49. The minimum atomic E-state index is -1.02. The van der Waals surface area contributed by atoms with Crippen LogP contribution in [0.5, 0.6) is 0 Å². The lowest BCUT2D eigenvalue weighted by Crippen LogP contribution is -2.40. The molecule has 0 atom stereocenters. The highest BCUT2D eigenvalue weighted by Crippen LogP contribution is 2.45. The molecular weight excluding hydrogens is 430 g/mol. The number of nitrogens with two attached hydrogens (primary N) is 1. The molecule has 1 aliphatic carbocycles. The van der Waals surface area contributed by atoms with Crippen LogP contribution in [0.25, 0.3) is 28.1 Å². The van der Waals surface area contributed by atoms with Crippen LogP contribution >= 0.6 is 11.6 Å². The van der Waals surface area contributed by atoms with Gasteiger partial charge in [-0.2, -0.15) is 4.98 Å². The summed E-state index contributed by atoms with van der Waals surface area (Å²) in [7, 11) is 0. The predicted octanol–water partition coefficient (Wildman–Crippen LogP) is 3.52. The lowest BCUT2D eigenvalue weighted by atomic mass is 10.1. The number of aromatic nitrogens is 3. The molecule has 1 fully saturated rings. The van der Waals surface area contributed by atoms with Crippen molar-refractivity contribution in [2.45, 2.75) is 26.3 Å². The molecule has 8 nitrogen and oxygen atoms in total. The molecule has 1 aliphatic rings. The molecule has 2 amide bonds. The van der Waals surface area contributed by atoms with Gasteiger partial charge in [0.2, 0.25) is 23.5 Å². The standard InChI is InChI=1S/C23H20ClN5O3/c1-13-27-20(28-32-13)19-11-15-10-16(24)4-7-18(15)29(19)17-5-2-14(3-6-17)12-26-22(31)23(8-9-23)21(25)30/h2-7,10-11H,8-9,12H2,1H3,(H2,25,30)(H,26,31). The third kappa shape index (κ3) is 3.42. The number of aryl methyl sites for hydroxylation is 1. The van der Waals surface area contributed by atoms with Gasteiger partial charge in [-0.05, 0) is 54.8 Å². The van der Waals surface area contributed by atoms with Crippen LogP contribution in [0.3, 0.4) is 0 Å². The van der Waals surface area contributed by atoms with E-state index in [1.165, 1.54) is 0 Å². The average molecular weight is 450 g/mol. The zero-order valence-electron chi connectivity index (χ0n) is 17.3. The first-order chi connectivity index (χ1) is 15.4. The van der Waals surface area contributed by atoms with Crippen LogP contribution < -0.4 is 11.1 Å². The van der Waals surface area contributed by atoms with Gasteiger partial charge >= 0.3 is 0 Å². The molecule has 9 heteroatoms. The van der Waals surface area contributed by atoms with Gasteiger partial charge in [0.05, 0.1) is 11.2 Å². The van der Waals surface area contributed by atoms with Crippen LogP contribution in [0.4, 0.5) is 0 Å². The molecule has 0 radical (unpaired) electrons. The summed E-state index contributed by atoms with van der Waals surface area (Å²) < 4.78 is 7.21. The molecule has 0 saturated heterocycles. The van der Waals surface area contributed by atoms with E-state index in [2.05, 4.69) is 15.5 Å². The van der Waals surface area contributed by atoms with Gasteiger partial charge in [-0.25, -0.2) is 0 Å². The van der Waals surface area contributed by atoms with Gasteiger partial charge in [0.15, 0.2) is 0 Å². The number of primary amides is 1. The van der Waals surface area contributed by atoms with Gasteiger partial charge in [0, 0.05) is 29.6 Å². The van der Waals surface area contributed by atoms with E-state index in [-0.39, 0.29) is 5.91 Å². The highest BCUT2D eigenvalue weighted by atomic mass is 35.5. The Balaban J connectivity index is 1.45. The Morgan fingerprint density at radius 1 is 1.19 bits per heavy atom. The van der Waals surface area contributed by atoms with Crippen molar-refractivity contribution in [3.8, 4) is 17.2 Å². The predicted molar refractivity (Wildman–Crippen MR) is 119 cm³/mol. The second-order valence-electron chi connectivity index (χ2n) is 8.00. The number of hydrogen-bond donors (Lipinski definition) is 2. The zero-order valence-corrected chi connectivity index (χ0v) is 18.0. The van der Waals surface area contributed by atoms with Gasteiger partial charge in [0.1, 0.15) is 5.41 Å². The Morgan fingerprint density at radius 3 is 2.56 bits per heavy atom. The molecule has 0 unspecified atom stereocenters. The number of carbonyl (C=O) groups excluding carboxylic acids is 2. The van der Waals surface area contributed by atoms with Crippen molar-refractivity contribution in [2.24, 2.45) is 11.1 Å². The third-order valence-corrected chi connectivity index (χ3v) is 6.06. The lowest BCUT2D eigenvalue weighted by Gasteiger charge is -2.13. The van der Waals surface area contributed by atoms with Gasteiger partial charge in [-0.15, -0.1) is 0 Å². The first-order valence-corrected chi connectivity index (χ1v) is 10.5. The van der Waals surface area contributed by atoms with E-state index >= 15 is 0 Å². The van der Waals surface area contributed by atoms with Crippen molar-refractivity contribution in [1.29, 1.82) is 0 Å². The third-order valence-electron chi connectivity index (χ3n) is 5.82. The van der Waals surface area contributed by atoms with Crippen molar-refractivity contribution in [2.75, 3.05) is 0 Å². The number of amides is 2. The summed E-state index contributed by atoms with van der Waals surface area (Å²) in [6.07, 6.45) is 1.02. The Morgan fingerprint density at radius 2 is 1.94 bits per heavy atom. The molecular formula is C23H20ClN5O3. The molecule has 1 saturated carbocycles. The van der Waals surface area contributed by atoms with E-state index in [4.69, 9.17) is 21.9 Å². The second-order valence-corrected chi connectivity index (χ2v) is 8.44. The fourth-order valence-electron chi connectivity index (χ4n) is 3.86. The van der Waals surface area contributed by atoms with Crippen LogP contribution in [0, 0.1) is 12.3 Å². The van der Waals surface area contributed by atoms with Crippen molar-refractivity contribution >= 4 is 34.3 Å². The largest absolute Gasteiger partial charge is 0.369 e. The molecule has 0 aliphatic heterocycles. The van der Waals surface area contributed by atoms with E-state index in [1.807, 2.05) is 53.1 Å². The molecule has 2 heterocycles. The molecule has 32 heavy (non-hydrogen) atoms. The topological polar surface area (TPSA) is 116 Å². The van der Waals surface area contributed by atoms with Crippen molar-refractivity contribution < 1.29 is 14.1 Å². The zero-order chi connectivity index (χ0) is 22.5. The summed E-state index contributed by atoms with van der Waals surface area (Å²) in [6.45, 7) is 2.06. The number of nitrogens with zero attached hydrogens (tertiary/aromatic N) is 3. The Hall–Kier alpha value is -3.65. The maximum Gasteiger partial charge on any atom is 0.235 e. The first kappa shape index (κ1) is 20.3. The number of rotatable bonds is 6. The van der Waals surface area contributed by atoms with E-state index < -0.39 is 11.3 Å². The molecule has 2 aromatic carbocycles. The highest BCUT2D eigenvalue weighted by molar-refractivity contribution is 6.31. The van der Waals surface area contributed by atoms with Crippen LogP contribution in [-0.2, 0) is 16.1 Å². The lowest BCUT2D eigenvalue weighted by molar-refractivity contribution is -0.135. The van der Waals surface area contributed by atoms with Gasteiger partial charge in [-0.3, -0.25) is 9.59 Å². The van der Waals surface area contributed by atoms with Crippen LogP contribution in [0.15, 0.2) is 53.1 Å². The highest BCUT2D eigenvalue weighted by Gasteiger charge is 2.55. The Bertz CT molecular complexity index is 1350. The minimum absolute atomic E-state index is 0.308. The quantitative estimate of drug-likeness (QED) is 0.437. The smallest absolute Gasteiger partial charge is 0.235 e. The SMILES string of the molecule is Cc1nc(-c2cc3cc(Cl)ccc3n2-c2ccc(CNC(=O)C3(C(N)=O)CC3)cc2)no1. The van der Waals surface area contributed by atoms with E-state index in [0.717, 1.165) is 27.8 Å². The molecule has 5 rings (SSSR count). The summed E-state index contributed by atoms with van der Waals surface area (Å²) in [5, 5.41) is 8.48. The van der Waals surface area contributed by atoms with E-state index in [9.17, 15) is 9.59 Å². The summed E-state index contributed by atoms with van der Waals surface area (Å²) in [5.41, 5.74) is 7.86. The fourth-order valence-corrected chi connectivity index (χ4v) is 4.04. The summed E-state index contributed by atoms with van der Waals surface area (Å²) in [4.78, 5) is 28.2. The van der Waals surface area contributed by atoms with Crippen LogP contribution in [0.2, 0.25) is 5.02 Å². The molecule has 0 bridgehead atoms. The number of hydrogen-bond acceptors (Lipinski definition) is 5. The van der Waals surface area contributed by atoms with Gasteiger partial charge < -0.3 is 20.1 Å². The summed E-state index contributed by atoms with van der Waals surface area (Å²) in [6, 6.07) is 15.4. The molecule has 162 valence electrons. The number of halogens is 1. The number of benzene rings is 2. The van der Waals surface area contributed by atoms with Gasteiger partial charge in [0.25, 0.3) is 0 Å². The molecule has 0 spiro atoms. The fraction of sp³-hybridized carbons (Fsp3) is 0.217. The molecule has 2 aromatic heterocycles. The maximum absolute atomic E-state index is 12.3. The number of nitrogens with one attached hydrogen (secondary N) is 1. The average Bonchev–Trinajstić information content (AvgIpc) is 3.36. The molecule has 3 N–H and O–H groups in total. The van der Waals surface area contributed by atoms with E-state index in [1.54, 1.807) is 6.92 Å². The molecule has 4 aromatic rings. The normalized spacial score (nSPS) is 14.4. The van der Waals surface area contributed by atoms with Crippen LogP contribution in [0.1, 0.15) is 24.3 Å². The first-order valence-electron chi connectivity index (χ1n) is 10.2. The Kier molecular flexibility index (Phi) is 4.74. The monoisotopic (exact) mass is 449 g/mol. The number of fused-ring (bicyclic) bond motifs is 1. The Labute approximate surface area is 188 Å². The minimum Gasteiger partial charge on any atom is -0.369 e. The maximum atomic E-state index is 12.3. The van der Waals surface area contributed by atoms with Gasteiger partial charge in [-0.1, -0.05) is 28.9 Å². The number of carbonyl (C=O) groups is 2. The van der Waals surface area contributed by atoms with Crippen molar-refractivity contribution in [1.82, 2.24) is 20.0 Å². The van der Waals surface area contributed by atoms with Crippen molar-refractivity contribution in [3.05, 3.63) is 65.0 Å².